The van der Waals surface area contributed by atoms with E-state index in [4.69, 9.17) is 4.98 Å². The van der Waals surface area contributed by atoms with Crippen LogP contribution in [-0.2, 0) is 11.8 Å². The fraction of sp³-hybridized carbons (Fsp3) is 0.438. The number of hydrogen-bond donors (Lipinski definition) is 1. The molecule has 0 aliphatic heterocycles. The maximum Gasteiger partial charge on any atom is 0.143 e. The van der Waals surface area contributed by atoms with Crippen molar-refractivity contribution >= 4 is 28.4 Å². The SMILES string of the molecule is CCNc1nc(Cc2cccnc2)nc(C(C)(C)C)c1I. The third-order valence-electron chi connectivity index (χ3n) is 3.04. The zero-order valence-electron chi connectivity index (χ0n) is 12.9. The van der Waals surface area contributed by atoms with Gasteiger partial charge in [0.15, 0.2) is 0 Å². The molecular formula is C16H21IN4. The largest absolute Gasteiger partial charge is 0.369 e. The predicted molar refractivity (Wildman–Crippen MR) is 94.7 cm³/mol. The van der Waals surface area contributed by atoms with Gasteiger partial charge >= 0.3 is 0 Å². The van der Waals surface area contributed by atoms with Crippen LogP contribution in [0.4, 0.5) is 5.82 Å². The smallest absolute Gasteiger partial charge is 0.143 e. The van der Waals surface area contributed by atoms with Crippen LogP contribution in [0, 0.1) is 3.57 Å². The van der Waals surface area contributed by atoms with Gasteiger partial charge in [0.05, 0.1) is 9.26 Å². The number of nitrogens with zero attached hydrogens (tertiary/aromatic N) is 3. The Morgan fingerprint density at radius 3 is 2.57 bits per heavy atom. The lowest BCUT2D eigenvalue weighted by Gasteiger charge is -2.22. The van der Waals surface area contributed by atoms with Crippen molar-refractivity contribution in [1.29, 1.82) is 0 Å². The number of nitrogens with one attached hydrogen (secondary N) is 1. The minimum atomic E-state index is -0.00662. The molecule has 2 aromatic heterocycles. The monoisotopic (exact) mass is 396 g/mol. The van der Waals surface area contributed by atoms with Gasteiger partial charge in [-0.25, -0.2) is 9.97 Å². The molecule has 0 aromatic carbocycles. The van der Waals surface area contributed by atoms with Crippen LogP contribution in [0.5, 0.6) is 0 Å². The molecule has 2 rings (SSSR count). The second kappa shape index (κ2) is 6.68. The predicted octanol–water partition coefficient (Wildman–Crippen LogP) is 3.80. The molecule has 0 saturated heterocycles. The Morgan fingerprint density at radius 1 is 1.24 bits per heavy atom. The lowest BCUT2D eigenvalue weighted by atomic mass is 9.91. The summed E-state index contributed by atoms with van der Waals surface area (Å²) in [4.78, 5) is 13.6. The van der Waals surface area contributed by atoms with E-state index in [-0.39, 0.29) is 5.41 Å². The van der Waals surface area contributed by atoms with Crippen molar-refractivity contribution < 1.29 is 0 Å². The minimum absolute atomic E-state index is 0.00662. The second-order valence-electron chi connectivity index (χ2n) is 5.97. The van der Waals surface area contributed by atoms with Crippen LogP contribution in [0.2, 0.25) is 0 Å². The van der Waals surface area contributed by atoms with Gasteiger partial charge in [0.25, 0.3) is 0 Å². The highest BCUT2D eigenvalue weighted by Gasteiger charge is 2.23. The zero-order valence-corrected chi connectivity index (χ0v) is 15.1. The summed E-state index contributed by atoms with van der Waals surface area (Å²) in [6.45, 7) is 9.47. The standard InChI is InChI=1S/C16H21IN4/c1-5-19-15-13(17)14(16(2,3)4)20-12(21-15)9-11-7-6-8-18-10-11/h6-8,10H,5,9H2,1-4H3,(H,19,20,21). The molecule has 1 N–H and O–H groups in total. The van der Waals surface area contributed by atoms with E-state index in [9.17, 15) is 0 Å². The lowest BCUT2D eigenvalue weighted by Crippen LogP contribution is -2.20. The number of anilines is 1. The zero-order chi connectivity index (χ0) is 15.5. The van der Waals surface area contributed by atoms with Gasteiger partial charge in [-0.15, -0.1) is 0 Å². The van der Waals surface area contributed by atoms with Crippen molar-refractivity contribution in [3.63, 3.8) is 0 Å². The summed E-state index contributed by atoms with van der Waals surface area (Å²) in [5.74, 6) is 1.77. The number of rotatable bonds is 4. The normalized spacial score (nSPS) is 11.5. The average Bonchev–Trinajstić information content (AvgIpc) is 2.42. The highest BCUT2D eigenvalue weighted by atomic mass is 127. The van der Waals surface area contributed by atoms with Gasteiger partial charge in [-0.1, -0.05) is 26.8 Å². The van der Waals surface area contributed by atoms with E-state index in [1.54, 1.807) is 6.20 Å². The van der Waals surface area contributed by atoms with Crippen LogP contribution in [-0.4, -0.2) is 21.5 Å². The molecule has 2 heterocycles. The van der Waals surface area contributed by atoms with Crippen LogP contribution < -0.4 is 5.32 Å². The van der Waals surface area contributed by atoms with E-state index in [0.29, 0.717) is 6.42 Å². The third-order valence-corrected chi connectivity index (χ3v) is 4.06. The van der Waals surface area contributed by atoms with Crippen LogP contribution >= 0.6 is 22.6 Å². The van der Waals surface area contributed by atoms with Gasteiger partial charge in [-0.05, 0) is 41.1 Å². The minimum Gasteiger partial charge on any atom is -0.369 e. The van der Waals surface area contributed by atoms with Crippen molar-refractivity contribution in [3.05, 3.63) is 45.2 Å². The van der Waals surface area contributed by atoms with Gasteiger partial charge in [0, 0.05) is 30.8 Å². The Bertz CT molecular complexity index is 606. The summed E-state index contributed by atoms with van der Waals surface area (Å²) in [5.41, 5.74) is 2.21. The quantitative estimate of drug-likeness (QED) is 0.799. The van der Waals surface area contributed by atoms with Crippen LogP contribution in [0.25, 0.3) is 0 Å². The van der Waals surface area contributed by atoms with E-state index in [2.05, 4.69) is 71.6 Å². The molecule has 2 aromatic rings. The number of pyridine rings is 1. The summed E-state index contributed by atoms with van der Waals surface area (Å²) in [6.07, 6.45) is 4.35. The van der Waals surface area contributed by atoms with Crippen LogP contribution in [0.3, 0.4) is 0 Å². The lowest BCUT2D eigenvalue weighted by molar-refractivity contribution is 0.559. The molecule has 0 bridgehead atoms. The molecule has 21 heavy (non-hydrogen) atoms. The first-order valence-corrected chi connectivity index (χ1v) is 8.19. The van der Waals surface area contributed by atoms with E-state index in [0.717, 1.165) is 33.0 Å². The van der Waals surface area contributed by atoms with Gasteiger partial charge < -0.3 is 5.32 Å². The Morgan fingerprint density at radius 2 is 2.00 bits per heavy atom. The molecule has 0 unspecified atom stereocenters. The Kier molecular flexibility index (Phi) is 5.13. The maximum atomic E-state index is 4.80. The van der Waals surface area contributed by atoms with Crippen molar-refractivity contribution in [3.8, 4) is 0 Å². The van der Waals surface area contributed by atoms with E-state index in [1.807, 2.05) is 12.3 Å². The molecule has 0 aliphatic carbocycles. The first-order chi connectivity index (χ1) is 9.91. The number of halogens is 1. The highest BCUT2D eigenvalue weighted by Crippen LogP contribution is 2.29. The molecule has 0 aliphatic rings. The average molecular weight is 396 g/mol. The highest BCUT2D eigenvalue weighted by molar-refractivity contribution is 14.1. The Balaban J connectivity index is 2.44. The fourth-order valence-corrected chi connectivity index (χ4v) is 3.28. The molecule has 5 heteroatoms. The molecule has 0 fully saturated rings. The second-order valence-corrected chi connectivity index (χ2v) is 7.05. The maximum absolute atomic E-state index is 4.80. The summed E-state index contributed by atoms with van der Waals surface area (Å²) < 4.78 is 1.11. The molecule has 4 nitrogen and oxygen atoms in total. The van der Waals surface area contributed by atoms with Crippen LogP contribution in [0.15, 0.2) is 24.5 Å². The van der Waals surface area contributed by atoms with Crippen LogP contribution in [0.1, 0.15) is 44.8 Å². The molecule has 0 amide bonds. The molecule has 0 saturated carbocycles. The first-order valence-electron chi connectivity index (χ1n) is 7.11. The van der Waals surface area contributed by atoms with E-state index < -0.39 is 0 Å². The molecule has 0 spiro atoms. The summed E-state index contributed by atoms with van der Waals surface area (Å²) >= 11 is 2.34. The summed E-state index contributed by atoms with van der Waals surface area (Å²) in [5, 5.41) is 3.34. The fourth-order valence-electron chi connectivity index (χ4n) is 2.04. The third kappa shape index (κ3) is 4.12. The van der Waals surface area contributed by atoms with Crippen molar-refractivity contribution in [2.75, 3.05) is 11.9 Å². The van der Waals surface area contributed by atoms with Crippen molar-refractivity contribution in [2.45, 2.75) is 39.5 Å². The Labute approximate surface area is 140 Å². The molecule has 0 atom stereocenters. The van der Waals surface area contributed by atoms with Gasteiger partial charge in [0.2, 0.25) is 0 Å². The Hall–Kier alpha value is -1.24. The van der Waals surface area contributed by atoms with E-state index in [1.165, 1.54) is 0 Å². The number of aromatic nitrogens is 3. The van der Waals surface area contributed by atoms with E-state index >= 15 is 0 Å². The summed E-state index contributed by atoms with van der Waals surface area (Å²) in [6, 6.07) is 4.00. The summed E-state index contributed by atoms with van der Waals surface area (Å²) in [7, 11) is 0. The topological polar surface area (TPSA) is 50.7 Å². The number of hydrogen-bond acceptors (Lipinski definition) is 4. The molecule has 0 radical (unpaired) electrons. The van der Waals surface area contributed by atoms with Crippen molar-refractivity contribution in [1.82, 2.24) is 15.0 Å². The van der Waals surface area contributed by atoms with Gasteiger partial charge in [-0.2, -0.15) is 0 Å². The van der Waals surface area contributed by atoms with Gasteiger partial charge in [0.1, 0.15) is 11.6 Å². The van der Waals surface area contributed by atoms with Crippen molar-refractivity contribution in [2.24, 2.45) is 0 Å². The van der Waals surface area contributed by atoms with Gasteiger partial charge in [-0.3, -0.25) is 4.98 Å². The first kappa shape index (κ1) is 16.1. The molecule has 112 valence electrons. The molecular weight excluding hydrogens is 375 g/mol.